The monoisotopic (exact) mass is 514 g/mol. The summed E-state index contributed by atoms with van der Waals surface area (Å²) in [6, 6.07) is 20.0. The highest BCUT2D eigenvalue weighted by Crippen LogP contribution is 2.22. The van der Waals surface area contributed by atoms with Crippen LogP contribution in [0.2, 0.25) is 0 Å². The van der Waals surface area contributed by atoms with Crippen molar-refractivity contribution < 1.29 is 23.6 Å². The lowest BCUT2D eigenvalue weighted by Crippen LogP contribution is -2.07. The highest BCUT2D eigenvalue weighted by molar-refractivity contribution is 6.02. The Bertz CT molecular complexity index is 1520. The van der Waals surface area contributed by atoms with E-state index in [1.807, 2.05) is 43.3 Å². The molecule has 1 N–H and O–H groups in total. The third-order valence-corrected chi connectivity index (χ3v) is 5.63. The van der Waals surface area contributed by atoms with E-state index in [4.69, 9.17) is 13.9 Å². The average molecular weight is 515 g/mol. The van der Waals surface area contributed by atoms with E-state index in [1.165, 1.54) is 30.3 Å². The van der Waals surface area contributed by atoms with Crippen LogP contribution in [0, 0.1) is 17.0 Å². The number of hydrogen-bond donors (Lipinski definition) is 1. The van der Waals surface area contributed by atoms with Crippen LogP contribution in [0.5, 0.6) is 11.5 Å². The average Bonchev–Trinajstić information content (AvgIpc) is 2.90. The Morgan fingerprint density at radius 1 is 0.974 bits per heavy atom. The summed E-state index contributed by atoms with van der Waals surface area (Å²) in [6.07, 6.45) is 4.59. The van der Waals surface area contributed by atoms with Crippen LogP contribution in [0.15, 0.2) is 88.1 Å². The van der Waals surface area contributed by atoms with Crippen LogP contribution >= 0.6 is 0 Å². The van der Waals surface area contributed by atoms with Crippen molar-refractivity contribution in [1.82, 2.24) is 0 Å². The summed E-state index contributed by atoms with van der Waals surface area (Å²) in [5, 5.41) is 14.3. The minimum absolute atomic E-state index is 0.0916. The van der Waals surface area contributed by atoms with E-state index in [9.17, 15) is 19.7 Å². The number of aryl methyl sites for hydroxylation is 1. The van der Waals surface area contributed by atoms with Crippen LogP contribution in [-0.2, 0) is 4.79 Å². The molecule has 1 heterocycles. The molecular weight excluding hydrogens is 488 g/mol. The van der Waals surface area contributed by atoms with E-state index in [-0.39, 0.29) is 11.3 Å². The molecule has 0 fully saturated rings. The van der Waals surface area contributed by atoms with Crippen molar-refractivity contribution in [3.8, 4) is 11.5 Å². The van der Waals surface area contributed by atoms with Gasteiger partial charge in [0.15, 0.2) is 0 Å². The smallest absolute Gasteiger partial charge is 0.336 e. The van der Waals surface area contributed by atoms with E-state index in [1.54, 1.807) is 18.2 Å². The van der Waals surface area contributed by atoms with Gasteiger partial charge in [0.25, 0.3) is 5.69 Å². The van der Waals surface area contributed by atoms with Crippen LogP contribution in [0.1, 0.15) is 24.0 Å². The van der Waals surface area contributed by atoms with Gasteiger partial charge in [0, 0.05) is 41.4 Å². The predicted molar refractivity (Wildman–Crippen MR) is 145 cm³/mol. The van der Waals surface area contributed by atoms with E-state index in [0.717, 1.165) is 29.4 Å². The number of carbonyl (C=O) groups is 1. The van der Waals surface area contributed by atoms with E-state index in [2.05, 4.69) is 5.32 Å². The maximum absolute atomic E-state index is 12.1. The molecule has 9 heteroatoms. The zero-order valence-electron chi connectivity index (χ0n) is 20.7. The van der Waals surface area contributed by atoms with E-state index in [0.29, 0.717) is 36.0 Å². The number of nitro groups is 1. The number of hydrogen-bond acceptors (Lipinski definition) is 7. The number of nitro benzene ring substituents is 1. The van der Waals surface area contributed by atoms with Gasteiger partial charge in [-0.15, -0.1) is 0 Å². The zero-order valence-corrected chi connectivity index (χ0v) is 20.7. The molecule has 1 aromatic heterocycles. The Kier molecular flexibility index (Phi) is 8.50. The van der Waals surface area contributed by atoms with Crippen LogP contribution in [0.4, 0.5) is 11.4 Å². The van der Waals surface area contributed by atoms with Crippen molar-refractivity contribution >= 4 is 34.3 Å². The Balaban J connectivity index is 1.17. The molecule has 9 nitrogen and oxygen atoms in total. The largest absolute Gasteiger partial charge is 0.494 e. The second kappa shape index (κ2) is 12.4. The van der Waals surface area contributed by atoms with Crippen molar-refractivity contribution in [2.75, 3.05) is 18.5 Å². The maximum Gasteiger partial charge on any atom is 0.336 e. The van der Waals surface area contributed by atoms with Gasteiger partial charge >= 0.3 is 5.63 Å². The van der Waals surface area contributed by atoms with Crippen molar-refractivity contribution in [2.24, 2.45) is 0 Å². The van der Waals surface area contributed by atoms with Gasteiger partial charge in [-0.1, -0.05) is 18.2 Å². The predicted octanol–water partition coefficient (Wildman–Crippen LogP) is 5.90. The first-order valence-corrected chi connectivity index (χ1v) is 12.0. The van der Waals surface area contributed by atoms with E-state index < -0.39 is 10.8 Å². The third-order valence-electron chi connectivity index (χ3n) is 5.63. The fourth-order valence-corrected chi connectivity index (χ4v) is 3.71. The van der Waals surface area contributed by atoms with Gasteiger partial charge in [0.1, 0.15) is 17.1 Å². The van der Waals surface area contributed by atoms with E-state index >= 15 is 0 Å². The molecular formula is C29H26N2O7. The molecule has 0 aliphatic rings. The molecule has 1 amide bonds. The van der Waals surface area contributed by atoms with Crippen molar-refractivity contribution in [3.63, 3.8) is 0 Å². The third kappa shape index (κ3) is 7.30. The molecule has 0 saturated heterocycles. The quantitative estimate of drug-likeness (QED) is 0.0869. The Hall–Kier alpha value is -4.92. The molecule has 194 valence electrons. The number of amides is 1. The van der Waals surface area contributed by atoms with Crippen LogP contribution < -0.4 is 20.4 Å². The van der Waals surface area contributed by atoms with Gasteiger partial charge in [-0.05, 0) is 67.3 Å². The summed E-state index contributed by atoms with van der Waals surface area (Å²) < 4.78 is 16.8. The molecule has 0 bridgehead atoms. The first kappa shape index (κ1) is 26.2. The Labute approximate surface area is 218 Å². The summed E-state index contributed by atoms with van der Waals surface area (Å²) in [5.74, 6) is 0.968. The summed E-state index contributed by atoms with van der Waals surface area (Å²) in [7, 11) is 0. The van der Waals surface area contributed by atoms with Crippen LogP contribution in [0.3, 0.4) is 0 Å². The molecule has 4 aromatic rings. The molecule has 0 atom stereocenters. The summed E-state index contributed by atoms with van der Waals surface area (Å²) in [5.41, 5.74) is 2.07. The number of fused-ring (bicyclic) bond motifs is 1. The second-order valence-electron chi connectivity index (χ2n) is 8.51. The number of non-ortho nitro benzene ring substituents is 1. The lowest BCUT2D eigenvalue weighted by molar-refractivity contribution is -0.384. The topological polar surface area (TPSA) is 121 Å². The molecule has 0 aliphatic carbocycles. The minimum Gasteiger partial charge on any atom is -0.494 e. The van der Waals surface area contributed by atoms with Gasteiger partial charge < -0.3 is 19.2 Å². The number of ether oxygens (including phenoxy) is 2. The van der Waals surface area contributed by atoms with Crippen LogP contribution in [-0.4, -0.2) is 24.0 Å². The van der Waals surface area contributed by atoms with Crippen molar-refractivity contribution in [2.45, 2.75) is 19.8 Å². The number of unbranched alkanes of at least 4 members (excludes halogenated alkanes) is 1. The Morgan fingerprint density at radius 2 is 1.68 bits per heavy atom. The minimum atomic E-state index is -0.515. The highest BCUT2D eigenvalue weighted by atomic mass is 16.6. The normalized spacial score (nSPS) is 11.0. The molecule has 0 aliphatic heterocycles. The van der Waals surface area contributed by atoms with Crippen LogP contribution in [0.25, 0.3) is 17.0 Å². The lowest BCUT2D eigenvalue weighted by Gasteiger charge is -2.09. The summed E-state index contributed by atoms with van der Waals surface area (Å²) >= 11 is 0. The molecule has 0 spiro atoms. The molecule has 4 rings (SSSR count). The van der Waals surface area contributed by atoms with Crippen molar-refractivity contribution in [3.05, 3.63) is 111 Å². The fraction of sp³-hybridized carbons (Fsp3) is 0.172. The molecule has 0 saturated carbocycles. The number of rotatable bonds is 11. The van der Waals surface area contributed by atoms with Gasteiger partial charge in [0.05, 0.1) is 18.1 Å². The molecule has 0 radical (unpaired) electrons. The first-order valence-electron chi connectivity index (χ1n) is 12.0. The fourth-order valence-electron chi connectivity index (χ4n) is 3.71. The van der Waals surface area contributed by atoms with Gasteiger partial charge in [0.2, 0.25) is 5.91 Å². The standard InChI is InChI=1S/C29H26N2O7/c1-20-17-29(33)38-27-19-25(12-13-26(20)27)37-16-3-2-15-36-24-10-7-21(8-11-24)9-14-28(32)30-22-5-4-6-23(18-22)31(34)35/h4-14,17-19H,2-3,15-16H2,1H3,(H,30,32)/b14-9+. The molecule has 38 heavy (non-hydrogen) atoms. The first-order chi connectivity index (χ1) is 18.4. The maximum atomic E-state index is 12.1. The number of anilines is 1. The molecule has 3 aromatic carbocycles. The Morgan fingerprint density at radius 3 is 2.42 bits per heavy atom. The number of nitrogens with zero attached hydrogens (tertiary/aromatic N) is 1. The van der Waals surface area contributed by atoms with Gasteiger partial charge in [-0.2, -0.15) is 0 Å². The zero-order chi connectivity index (χ0) is 26.9. The second-order valence-corrected chi connectivity index (χ2v) is 8.51. The lowest BCUT2D eigenvalue weighted by atomic mass is 10.1. The van der Waals surface area contributed by atoms with Gasteiger partial charge in [-0.25, -0.2) is 4.79 Å². The van der Waals surface area contributed by atoms with Gasteiger partial charge in [-0.3, -0.25) is 14.9 Å². The number of benzene rings is 3. The number of carbonyl (C=O) groups excluding carboxylic acids is 1. The SMILES string of the molecule is Cc1cc(=O)oc2cc(OCCCCOc3ccc(/C=C/C(=O)Nc4cccc([N+](=O)[O-])c4)cc3)ccc12. The highest BCUT2D eigenvalue weighted by Gasteiger charge is 2.07. The summed E-state index contributed by atoms with van der Waals surface area (Å²) in [6.45, 7) is 2.90. The number of nitrogens with one attached hydrogen (secondary N) is 1. The summed E-state index contributed by atoms with van der Waals surface area (Å²) in [4.78, 5) is 34.0. The molecule has 0 unspecified atom stereocenters. The van der Waals surface area contributed by atoms with Crippen molar-refractivity contribution in [1.29, 1.82) is 0 Å².